The van der Waals surface area contributed by atoms with E-state index in [0.29, 0.717) is 17.0 Å². The number of nitrogens with zero attached hydrogens (tertiary/aromatic N) is 3. The van der Waals surface area contributed by atoms with Crippen molar-refractivity contribution >= 4 is 5.97 Å². The topological polar surface area (TPSA) is 75.5 Å². The van der Waals surface area contributed by atoms with Gasteiger partial charge in [0.05, 0.1) is 5.56 Å². The van der Waals surface area contributed by atoms with Crippen molar-refractivity contribution in [2.75, 3.05) is 0 Å². The van der Waals surface area contributed by atoms with Crippen molar-refractivity contribution in [1.82, 2.24) is 4.98 Å². The first kappa shape index (κ1) is 16.9. The lowest BCUT2D eigenvalue weighted by molar-refractivity contribution is -0.657. The average molecular weight is 349 g/mol. The van der Waals surface area contributed by atoms with Gasteiger partial charge in [-0.2, -0.15) is 0 Å². The van der Waals surface area contributed by atoms with Gasteiger partial charge in [0.1, 0.15) is 6.04 Å². The van der Waals surface area contributed by atoms with Crippen LogP contribution in [0.15, 0.2) is 54.9 Å². The fraction of sp³-hybridized carbons (Fsp3) is 0.429. The van der Waals surface area contributed by atoms with Crippen LogP contribution in [-0.2, 0) is 5.54 Å². The third-order valence-electron chi connectivity index (χ3n) is 6.49. The number of rotatable bonds is 2. The van der Waals surface area contributed by atoms with Crippen LogP contribution in [-0.4, -0.2) is 26.8 Å². The number of pyridine rings is 1. The van der Waals surface area contributed by atoms with E-state index in [-0.39, 0.29) is 5.54 Å². The summed E-state index contributed by atoms with van der Waals surface area (Å²) in [6.45, 7) is 0. The zero-order valence-electron chi connectivity index (χ0n) is 14.7. The number of hydrogen-bond donors (Lipinski definition) is 1. The number of aromatic carboxylic acids is 1. The molecule has 3 unspecified atom stereocenters. The van der Waals surface area contributed by atoms with Crippen LogP contribution in [0.5, 0.6) is 0 Å². The molecule has 1 aromatic heterocycles. The summed E-state index contributed by atoms with van der Waals surface area (Å²) in [6.07, 6.45) is 11.0. The lowest BCUT2D eigenvalue weighted by Gasteiger charge is -2.32. The van der Waals surface area contributed by atoms with Crippen LogP contribution < -0.4 is 0 Å². The maximum Gasteiger partial charge on any atom is 0.335 e. The lowest BCUT2D eigenvalue weighted by Crippen LogP contribution is -2.39. The van der Waals surface area contributed by atoms with E-state index < -0.39 is 5.97 Å². The summed E-state index contributed by atoms with van der Waals surface area (Å²) in [5.74, 6) is -0.879. The van der Waals surface area contributed by atoms with Crippen molar-refractivity contribution in [2.45, 2.75) is 50.1 Å². The molecule has 1 N–H and O–H groups in total. The number of benzene rings is 1. The summed E-state index contributed by atoms with van der Waals surface area (Å²) >= 11 is 0. The fourth-order valence-electron chi connectivity index (χ4n) is 5.31. The molecule has 3 atom stereocenters. The molecule has 0 amide bonds. The molecule has 3 fully saturated rings. The van der Waals surface area contributed by atoms with Crippen molar-refractivity contribution in [1.29, 1.82) is 0 Å². The maximum absolute atomic E-state index is 10.6. The normalized spacial score (nSPS) is 31.2. The molecule has 5 heteroatoms. The Balaban J connectivity index is 0.000000160. The number of carboxylic acid groups (broad SMARTS) is 1. The molecule has 1 aliphatic heterocycles. The van der Waals surface area contributed by atoms with E-state index >= 15 is 0 Å². The highest BCUT2D eigenvalue weighted by molar-refractivity contribution is 5.87. The van der Waals surface area contributed by atoms with Crippen LogP contribution >= 0.6 is 0 Å². The van der Waals surface area contributed by atoms with Crippen LogP contribution in [0.3, 0.4) is 0 Å². The van der Waals surface area contributed by atoms with Gasteiger partial charge in [0.25, 0.3) is 0 Å². The second-order valence-electron chi connectivity index (χ2n) is 7.74. The van der Waals surface area contributed by atoms with E-state index in [0.717, 1.165) is 12.8 Å². The molecule has 1 saturated heterocycles. The van der Waals surface area contributed by atoms with Crippen LogP contribution in [0.2, 0.25) is 0 Å². The molecule has 2 bridgehead atoms. The predicted octanol–water partition coefficient (Wildman–Crippen LogP) is 4.43. The van der Waals surface area contributed by atoms with Crippen LogP contribution in [0.1, 0.15) is 54.4 Å². The Bertz CT molecular complexity index is 824. The molecule has 3 aliphatic rings. The van der Waals surface area contributed by atoms with E-state index in [2.05, 4.69) is 11.1 Å². The number of fused-ring (bicyclic) bond motifs is 1. The third kappa shape index (κ3) is 2.54. The number of aromatic nitrogens is 1. The molecule has 1 spiro atoms. The molecule has 2 aromatic rings. The van der Waals surface area contributed by atoms with Crippen LogP contribution in [0.4, 0.5) is 0 Å². The molecule has 2 saturated carbocycles. The first-order valence-corrected chi connectivity index (χ1v) is 9.25. The minimum Gasteiger partial charge on any atom is -0.506 e. The zero-order valence-corrected chi connectivity index (χ0v) is 14.7. The Hall–Kier alpha value is -2.56. The van der Waals surface area contributed by atoms with E-state index in [9.17, 15) is 10.3 Å². The largest absolute Gasteiger partial charge is 0.506 e. The van der Waals surface area contributed by atoms with E-state index in [1.165, 1.54) is 31.2 Å². The van der Waals surface area contributed by atoms with E-state index in [1.54, 1.807) is 35.0 Å². The number of hydrogen-bond acceptors (Lipinski definition) is 2. The second kappa shape index (κ2) is 6.31. The van der Waals surface area contributed by atoms with Crippen molar-refractivity contribution in [3.63, 3.8) is 0 Å². The van der Waals surface area contributed by atoms with Crippen LogP contribution in [0, 0.1) is 5.41 Å². The second-order valence-corrected chi connectivity index (χ2v) is 7.74. The summed E-state index contributed by atoms with van der Waals surface area (Å²) < 4.78 is 1.69. The molecule has 2 heterocycles. The number of piperidine rings is 1. The van der Waals surface area contributed by atoms with Crippen molar-refractivity contribution in [3.05, 3.63) is 71.5 Å². The Morgan fingerprint density at radius 1 is 1.15 bits per heavy atom. The predicted molar refractivity (Wildman–Crippen MR) is 96.9 cm³/mol. The zero-order chi connectivity index (χ0) is 18.2. The van der Waals surface area contributed by atoms with E-state index in [1.807, 2.05) is 18.5 Å². The smallest absolute Gasteiger partial charge is 0.335 e. The average Bonchev–Trinajstić information content (AvgIpc) is 3.34. The highest BCUT2D eigenvalue weighted by Crippen LogP contribution is 2.65. The van der Waals surface area contributed by atoms with Gasteiger partial charge >= 0.3 is 5.97 Å². The summed E-state index contributed by atoms with van der Waals surface area (Å²) in [5, 5.41) is 8.38. The molecule has 5 nitrogen and oxygen atoms in total. The van der Waals surface area contributed by atoms with Crippen LogP contribution in [0.25, 0.3) is 5.53 Å². The first-order chi connectivity index (χ1) is 12.6. The van der Waals surface area contributed by atoms with Crippen molar-refractivity contribution < 1.29 is 14.6 Å². The Morgan fingerprint density at radius 3 is 2.58 bits per heavy atom. The molecule has 1 aromatic carbocycles. The highest BCUT2D eigenvalue weighted by atomic mass is 16.4. The monoisotopic (exact) mass is 349 g/mol. The van der Waals surface area contributed by atoms with Gasteiger partial charge in [-0.25, -0.2) is 4.79 Å². The van der Waals surface area contributed by atoms with Gasteiger partial charge in [-0.05, 0) is 43.5 Å². The number of carbonyl (C=O) groups is 1. The summed E-state index contributed by atoms with van der Waals surface area (Å²) in [5.41, 5.74) is 12.4. The summed E-state index contributed by atoms with van der Waals surface area (Å²) in [6, 6.07) is 12.8. The van der Waals surface area contributed by atoms with Gasteiger partial charge in [0.2, 0.25) is 0 Å². The minimum absolute atomic E-state index is 0.126. The molecular weight excluding hydrogens is 326 g/mol. The SMILES string of the molecule is O=C(O)c1ccccc1.[N-]=[N+]1C2CCCC23CCC1(c1cccnc1)C3. The van der Waals surface area contributed by atoms with Crippen molar-refractivity contribution in [2.24, 2.45) is 5.41 Å². The molecule has 2 aliphatic carbocycles. The van der Waals surface area contributed by atoms with Gasteiger partial charge in [0, 0.05) is 42.6 Å². The Morgan fingerprint density at radius 2 is 1.96 bits per heavy atom. The minimum atomic E-state index is -0.879. The summed E-state index contributed by atoms with van der Waals surface area (Å²) in [4.78, 5) is 14.4. The quantitative estimate of drug-likeness (QED) is 0.815. The van der Waals surface area contributed by atoms with Gasteiger partial charge < -0.3 is 15.3 Å². The lowest BCUT2D eigenvalue weighted by atomic mass is 9.82. The Labute approximate surface area is 153 Å². The Kier molecular flexibility index (Phi) is 4.10. The van der Waals surface area contributed by atoms with Crippen molar-refractivity contribution in [3.8, 4) is 0 Å². The third-order valence-corrected chi connectivity index (χ3v) is 6.49. The van der Waals surface area contributed by atoms with Gasteiger partial charge in [-0.1, -0.05) is 18.2 Å². The van der Waals surface area contributed by atoms with Gasteiger partial charge in [-0.3, -0.25) is 4.98 Å². The number of carboxylic acids is 1. The standard InChI is InChI=1S/C14H17N3.C7H6O2/c15-17-12-4-1-5-13(12)6-7-14(17,10-13)11-3-2-8-16-9-11;8-7(9)6-4-2-1-3-5-6/h2-3,8-9,12H,1,4-7,10H2;1-5H,(H,8,9). The first-order valence-electron chi connectivity index (χ1n) is 9.25. The highest BCUT2D eigenvalue weighted by Gasteiger charge is 2.69. The fourth-order valence-corrected chi connectivity index (χ4v) is 5.31. The maximum atomic E-state index is 10.6. The summed E-state index contributed by atoms with van der Waals surface area (Å²) in [7, 11) is 0. The van der Waals surface area contributed by atoms with Gasteiger partial charge in [-0.15, -0.1) is 0 Å². The molecule has 134 valence electrons. The molecular formula is C21H23N3O2. The molecule has 26 heavy (non-hydrogen) atoms. The van der Waals surface area contributed by atoms with Gasteiger partial charge in [0.15, 0.2) is 5.54 Å². The van der Waals surface area contributed by atoms with E-state index in [4.69, 9.17) is 5.11 Å². The molecule has 0 radical (unpaired) electrons. The molecule has 5 rings (SSSR count).